The molecule has 0 atom stereocenters. The van der Waals surface area contributed by atoms with Crippen molar-refractivity contribution in [2.75, 3.05) is 0 Å². The number of ketones is 1. The fourth-order valence-corrected chi connectivity index (χ4v) is 3.34. The summed E-state index contributed by atoms with van der Waals surface area (Å²) in [5.41, 5.74) is 5.79. The van der Waals surface area contributed by atoms with E-state index in [2.05, 4.69) is 5.10 Å². The predicted molar refractivity (Wildman–Crippen MR) is 119 cm³/mol. The predicted octanol–water partition coefficient (Wildman–Crippen LogP) is 5.40. The van der Waals surface area contributed by atoms with Gasteiger partial charge in [0.2, 0.25) is 0 Å². The third-order valence-electron chi connectivity index (χ3n) is 5.04. The zero-order valence-corrected chi connectivity index (χ0v) is 17.2. The normalized spacial score (nSPS) is 10.7. The molecule has 4 nitrogen and oxygen atoms in total. The molecule has 0 aliphatic carbocycles. The molecule has 0 bridgehead atoms. The van der Waals surface area contributed by atoms with Crippen LogP contribution >= 0.6 is 0 Å². The van der Waals surface area contributed by atoms with Gasteiger partial charge in [-0.05, 0) is 35.7 Å². The third-order valence-corrected chi connectivity index (χ3v) is 5.04. The molecule has 4 rings (SSSR count). The molecule has 0 saturated carbocycles. The average molecular weight is 396 g/mol. The number of rotatable bonds is 7. The first-order chi connectivity index (χ1) is 14.6. The lowest BCUT2D eigenvalue weighted by Gasteiger charge is -2.13. The van der Waals surface area contributed by atoms with E-state index in [1.165, 1.54) is 5.56 Å². The van der Waals surface area contributed by atoms with Crippen LogP contribution in [0, 0.1) is 6.92 Å². The second-order valence-electron chi connectivity index (χ2n) is 7.47. The largest absolute Gasteiger partial charge is 0.488 e. The first-order valence-electron chi connectivity index (χ1n) is 9.97. The molecule has 0 spiro atoms. The molecule has 0 N–H and O–H groups in total. The molecule has 1 aromatic heterocycles. The minimum absolute atomic E-state index is 0.0413. The highest BCUT2D eigenvalue weighted by Gasteiger charge is 2.15. The van der Waals surface area contributed by atoms with Crippen LogP contribution in [0.15, 0.2) is 85.2 Å². The molecule has 0 amide bonds. The zero-order valence-electron chi connectivity index (χ0n) is 17.2. The van der Waals surface area contributed by atoms with Crippen LogP contribution < -0.4 is 4.74 Å². The van der Waals surface area contributed by atoms with E-state index in [9.17, 15) is 4.79 Å². The van der Waals surface area contributed by atoms with E-state index in [0.717, 1.165) is 22.3 Å². The summed E-state index contributed by atoms with van der Waals surface area (Å²) < 4.78 is 7.88. The Morgan fingerprint density at radius 2 is 1.70 bits per heavy atom. The van der Waals surface area contributed by atoms with Crippen molar-refractivity contribution in [3.05, 3.63) is 107 Å². The minimum Gasteiger partial charge on any atom is -0.488 e. The molecule has 0 aliphatic heterocycles. The number of aryl methyl sites for hydroxylation is 2. The van der Waals surface area contributed by atoms with E-state index in [0.29, 0.717) is 24.3 Å². The van der Waals surface area contributed by atoms with E-state index in [4.69, 9.17) is 4.74 Å². The van der Waals surface area contributed by atoms with Crippen LogP contribution in [0.4, 0.5) is 0 Å². The number of carbonyl (C=O) groups excluding carboxylic acids is 1. The first-order valence-corrected chi connectivity index (χ1v) is 9.97. The number of nitrogens with zero attached hydrogens (tertiary/aromatic N) is 2. The Bertz CT molecular complexity index is 1150. The summed E-state index contributed by atoms with van der Waals surface area (Å²) in [5.74, 6) is 0.636. The number of carbonyl (C=O) groups is 1. The van der Waals surface area contributed by atoms with Crippen LogP contribution in [0.5, 0.6) is 5.75 Å². The number of hydrogen-bond donors (Lipinski definition) is 0. The molecule has 150 valence electrons. The van der Waals surface area contributed by atoms with E-state index >= 15 is 0 Å². The van der Waals surface area contributed by atoms with E-state index in [1.807, 2.05) is 99.2 Å². The molecule has 1 heterocycles. The summed E-state index contributed by atoms with van der Waals surface area (Å²) in [7, 11) is 1.88. The van der Waals surface area contributed by atoms with Gasteiger partial charge in [-0.3, -0.25) is 9.48 Å². The van der Waals surface area contributed by atoms with Gasteiger partial charge in [-0.2, -0.15) is 5.10 Å². The van der Waals surface area contributed by atoms with Gasteiger partial charge in [-0.15, -0.1) is 0 Å². The molecule has 0 fully saturated rings. The number of hydrogen-bond acceptors (Lipinski definition) is 3. The molecule has 4 heteroatoms. The van der Waals surface area contributed by atoms with Gasteiger partial charge in [0.25, 0.3) is 0 Å². The molecule has 3 aromatic carbocycles. The monoisotopic (exact) mass is 396 g/mol. The molecule has 4 aromatic rings. The lowest BCUT2D eigenvalue weighted by atomic mass is 9.99. The Kier molecular flexibility index (Phi) is 5.75. The Labute approximate surface area is 176 Å². The summed E-state index contributed by atoms with van der Waals surface area (Å²) in [6.45, 7) is 2.44. The average Bonchev–Trinajstić information content (AvgIpc) is 3.21. The summed E-state index contributed by atoms with van der Waals surface area (Å²) in [4.78, 5) is 13.1. The van der Waals surface area contributed by atoms with E-state index in [1.54, 1.807) is 4.68 Å². The summed E-state index contributed by atoms with van der Waals surface area (Å²) in [5, 5.41) is 4.25. The molecular weight excluding hydrogens is 372 g/mol. The van der Waals surface area contributed by atoms with Crippen molar-refractivity contribution in [2.45, 2.75) is 20.0 Å². The maximum absolute atomic E-state index is 13.1. The van der Waals surface area contributed by atoms with Crippen LogP contribution in [0.25, 0.3) is 11.1 Å². The number of aromatic nitrogens is 2. The molecule has 0 radical (unpaired) electrons. The molecular formula is C26H24N2O2. The van der Waals surface area contributed by atoms with Crippen molar-refractivity contribution in [1.82, 2.24) is 9.78 Å². The van der Waals surface area contributed by atoms with Crippen LogP contribution in [-0.4, -0.2) is 15.6 Å². The fourth-order valence-electron chi connectivity index (χ4n) is 3.34. The van der Waals surface area contributed by atoms with Gasteiger partial charge < -0.3 is 4.74 Å². The van der Waals surface area contributed by atoms with Crippen molar-refractivity contribution in [2.24, 2.45) is 7.05 Å². The Morgan fingerprint density at radius 3 is 2.40 bits per heavy atom. The topological polar surface area (TPSA) is 44.1 Å². The van der Waals surface area contributed by atoms with Gasteiger partial charge in [0, 0.05) is 25.2 Å². The van der Waals surface area contributed by atoms with Crippen LogP contribution in [0.1, 0.15) is 27.0 Å². The third kappa shape index (κ3) is 4.66. The van der Waals surface area contributed by atoms with Crippen molar-refractivity contribution in [1.29, 1.82) is 0 Å². The lowest BCUT2D eigenvalue weighted by Crippen LogP contribution is -2.07. The Morgan fingerprint density at radius 1 is 0.933 bits per heavy atom. The highest BCUT2D eigenvalue weighted by Crippen LogP contribution is 2.29. The van der Waals surface area contributed by atoms with Crippen molar-refractivity contribution >= 4 is 5.78 Å². The van der Waals surface area contributed by atoms with Crippen LogP contribution in [0.3, 0.4) is 0 Å². The van der Waals surface area contributed by atoms with E-state index in [-0.39, 0.29) is 5.78 Å². The minimum atomic E-state index is 0.0413. The van der Waals surface area contributed by atoms with Gasteiger partial charge in [0.15, 0.2) is 5.78 Å². The van der Waals surface area contributed by atoms with Crippen molar-refractivity contribution < 1.29 is 9.53 Å². The van der Waals surface area contributed by atoms with Gasteiger partial charge >= 0.3 is 0 Å². The quantitative estimate of drug-likeness (QED) is 0.393. The second-order valence-corrected chi connectivity index (χ2v) is 7.47. The summed E-state index contributed by atoms with van der Waals surface area (Å²) >= 11 is 0. The molecule has 30 heavy (non-hydrogen) atoms. The van der Waals surface area contributed by atoms with Gasteiger partial charge in [0.05, 0.1) is 11.8 Å². The number of benzene rings is 3. The number of ether oxygens (including phenoxy) is 1. The standard InChI is InChI=1S/C26H24N2O2/c1-19-8-10-20(11-9-19)14-25(29)24-13-12-22(23-16-27-28(2)17-23)15-26(24)30-18-21-6-4-3-5-7-21/h3-13,15-17H,14,18H2,1-2H3. The van der Waals surface area contributed by atoms with Crippen molar-refractivity contribution in [3.63, 3.8) is 0 Å². The lowest BCUT2D eigenvalue weighted by molar-refractivity contribution is 0.0988. The zero-order chi connectivity index (χ0) is 20.9. The molecule has 0 aliphatic rings. The SMILES string of the molecule is Cc1ccc(CC(=O)c2ccc(-c3cnn(C)c3)cc2OCc2ccccc2)cc1. The molecule has 0 saturated heterocycles. The van der Waals surface area contributed by atoms with Crippen LogP contribution in [0.2, 0.25) is 0 Å². The maximum Gasteiger partial charge on any atom is 0.170 e. The highest BCUT2D eigenvalue weighted by molar-refractivity contribution is 6.00. The smallest absolute Gasteiger partial charge is 0.170 e. The van der Waals surface area contributed by atoms with Crippen LogP contribution in [-0.2, 0) is 20.1 Å². The molecule has 0 unspecified atom stereocenters. The highest BCUT2D eigenvalue weighted by atomic mass is 16.5. The Hall–Kier alpha value is -3.66. The van der Waals surface area contributed by atoms with Gasteiger partial charge in [-0.1, -0.05) is 66.2 Å². The second kappa shape index (κ2) is 8.78. The Balaban J connectivity index is 1.63. The maximum atomic E-state index is 13.1. The van der Waals surface area contributed by atoms with E-state index < -0.39 is 0 Å². The van der Waals surface area contributed by atoms with Gasteiger partial charge in [-0.25, -0.2) is 0 Å². The van der Waals surface area contributed by atoms with Crippen molar-refractivity contribution in [3.8, 4) is 16.9 Å². The van der Waals surface area contributed by atoms with Gasteiger partial charge in [0.1, 0.15) is 12.4 Å². The fraction of sp³-hybridized carbons (Fsp3) is 0.154. The summed E-state index contributed by atoms with van der Waals surface area (Å²) in [6, 6.07) is 23.8. The number of Topliss-reactive ketones (excluding diaryl/α,β-unsaturated/α-hetero) is 1. The summed E-state index contributed by atoms with van der Waals surface area (Å²) in [6.07, 6.45) is 4.10. The first kappa shape index (κ1) is 19.6.